The maximum Gasteiger partial charge on any atom is 0.281 e. The molecule has 5 nitrogen and oxygen atoms in total. The van der Waals surface area contributed by atoms with Crippen LogP contribution in [-0.4, -0.2) is 30.3 Å². The van der Waals surface area contributed by atoms with Crippen LogP contribution >= 0.6 is 23.2 Å². The number of nitrogens with zero attached hydrogens (tertiary/aromatic N) is 3. The van der Waals surface area contributed by atoms with E-state index in [1.165, 1.54) is 0 Å². The normalized spacial score (nSPS) is 14.4. The Morgan fingerprint density at radius 3 is 2.62 bits per heavy atom. The molecule has 146 valence electrons. The molecule has 0 fully saturated rings. The maximum atomic E-state index is 13.2. The molecule has 7 heteroatoms. The number of para-hydroxylation sites is 1. The lowest BCUT2D eigenvalue weighted by Crippen LogP contribution is -2.25. The predicted octanol–water partition coefficient (Wildman–Crippen LogP) is 5.11. The quantitative estimate of drug-likeness (QED) is 0.570. The third-order valence-electron chi connectivity index (χ3n) is 4.65. The van der Waals surface area contributed by atoms with Gasteiger partial charge in [0, 0.05) is 18.2 Å². The second-order valence-corrected chi connectivity index (χ2v) is 7.26. The fraction of sp³-hybridized carbons (Fsp3) is 0.136. The first-order chi connectivity index (χ1) is 14.1. The van der Waals surface area contributed by atoms with E-state index in [0.29, 0.717) is 40.3 Å². The molecule has 0 radical (unpaired) electrons. The third kappa shape index (κ3) is 3.84. The van der Waals surface area contributed by atoms with Crippen LogP contribution in [0, 0.1) is 0 Å². The number of benzene rings is 2. The van der Waals surface area contributed by atoms with E-state index in [1.54, 1.807) is 36.4 Å². The average molecular weight is 426 g/mol. The van der Waals surface area contributed by atoms with Gasteiger partial charge in [-0.3, -0.25) is 14.7 Å². The number of rotatable bonds is 5. The van der Waals surface area contributed by atoms with Crippen LogP contribution in [-0.2, 0) is 11.2 Å². The fourth-order valence-electron chi connectivity index (χ4n) is 3.23. The highest BCUT2D eigenvalue weighted by Crippen LogP contribution is 2.35. The summed E-state index contributed by atoms with van der Waals surface area (Å²) in [5.41, 5.74) is 3.72. The van der Waals surface area contributed by atoms with Crippen molar-refractivity contribution in [2.45, 2.75) is 6.42 Å². The topological polar surface area (TPSA) is 54.8 Å². The molecule has 1 aliphatic heterocycles. The first kappa shape index (κ1) is 19.4. The number of halogens is 2. The lowest BCUT2D eigenvalue weighted by molar-refractivity contribution is -0.111. The number of hydrogen-bond acceptors (Lipinski definition) is 4. The fourth-order valence-corrected chi connectivity index (χ4v) is 3.55. The van der Waals surface area contributed by atoms with E-state index in [0.717, 1.165) is 16.8 Å². The van der Waals surface area contributed by atoms with E-state index in [1.807, 2.05) is 36.4 Å². The van der Waals surface area contributed by atoms with Crippen LogP contribution in [0.25, 0.3) is 0 Å². The first-order valence-electron chi connectivity index (χ1n) is 9.01. The van der Waals surface area contributed by atoms with Crippen LogP contribution in [0.5, 0.6) is 5.88 Å². The van der Waals surface area contributed by atoms with Gasteiger partial charge in [-0.05, 0) is 36.2 Å². The van der Waals surface area contributed by atoms with Gasteiger partial charge in [0.2, 0.25) is 5.88 Å². The van der Waals surface area contributed by atoms with Crippen LogP contribution in [0.3, 0.4) is 0 Å². The van der Waals surface area contributed by atoms with Gasteiger partial charge in [0.15, 0.2) is 0 Å². The number of aliphatic imine (C=N–C) groups is 1. The molecule has 29 heavy (non-hydrogen) atoms. The Morgan fingerprint density at radius 2 is 1.90 bits per heavy atom. The van der Waals surface area contributed by atoms with Gasteiger partial charge in [-0.25, -0.2) is 4.98 Å². The van der Waals surface area contributed by atoms with Crippen LogP contribution in [0.2, 0.25) is 10.0 Å². The van der Waals surface area contributed by atoms with Crippen molar-refractivity contribution in [1.82, 2.24) is 4.98 Å². The molecular weight excluding hydrogens is 409 g/mol. The van der Waals surface area contributed by atoms with Gasteiger partial charge in [-0.2, -0.15) is 0 Å². The Labute approximate surface area is 178 Å². The van der Waals surface area contributed by atoms with Crippen LogP contribution in [0.4, 0.5) is 11.4 Å². The van der Waals surface area contributed by atoms with E-state index < -0.39 is 0 Å². The molecular formula is C22H17Cl2N3O2. The summed E-state index contributed by atoms with van der Waals surface area (Å²) < 4.78 is 5.10. The lowest BCUT2D eigenvalue weighted by atomic mass is 10.1. The minimum absolute atomic E-state index is 0.174. The van der Waals surface area contributed by atoms with Gasteiger partial charge in [0.1, 0.15) is 5.71 Å². The summed E-state index contributed by atoms with van der Waals surface area (Å²) in [7, 11) is 1.55. The molecule has 0 N–H and O–H groups in total. The van der Waals surface area contributed by atoms with Crippen molar-refractivity contribution in [3.05, 3.63) is 82.0 Å². The number of hydrogen-bond donors (Lipinski definition) is 0. The largest absolute Gasteiger partial charge is 0.481 e. The summed E-state index contributed by atoms with van der Waals surface area (Å²) in [5, 5.41) is 1.03. The van der Waals surface area contributed by atoms with Crippen molar-refractivity contribution in [2.75, 3.05) is 18.6 Å². The molecule has 4 rings (SSSR count). The molecule has 0 bridgehead atoms. The summed E-state index contributed by atoms with van der Waals surface area (Å²) in [6.07, 6.45) is 2.27. The second kappa shape index (κ2) is 8.23. The van der Waals surface area contributed by atoms with Crippen molar-refractivity contribution >= 4 is 46.2 Å². The number of carbonyl (C=O) groups excluding carboxylic acids is 1. The van der Waals surface area contributed by atoms with Crippen molar-refractivity contribution in [2.24, 2.45) is 4.99 Å². The second-order valence-electron chi connectivity index (χ2n) is 6.45. The highest BCUT2D eigenvalue weighted by Gasteiger charge is 2.34. The minimum Gasteiger partial charge on any atom is -0.481 e. The molecule has 0 spiro atoms. The Bertz CT molecular complexity index is 1100. The van der Waals surface area contributed by atoms with Gasteiger partial charge in [0.05, 0.1) is 34.7 Å². The average Bonchev–Trinajstić information content (AvgIpc) is 3.02. The maximum absolute atomic E-state index is 13.2. The van der Waals surface area contributed by atoms with E-state index in [-0.39, 0.29) is 5.91 Å². The number of pyridine rings is 1. The van der Waals surface area contributed by atoms with Crippen molar-refractivity contribution in [3.63, 3.8) is 0 Å². The highest BCUT2D eigenvalue weighted by atomic mass is 35.5. The highest BCUT2D eigenvalue weighted by molar-refractivity contribution is 6.55. The van der Waals surface area contributed by atoms with Gasteiger partial charge in [-0.1, -0.05) is 47.5 Å². The summed E-state index contributed by atoms with van der Waals surface area (Å²) in [4.78, 5) is 23.6. The molecule has 0 atom stereocenters. The SMILES string of the molecule is COc1ccc(N2C(=O)C(=NCCc3ccc(Cl)c(Cl)c3)c3ccccc32)cn1. The molecule has 1 aliphatic rings. The van der Waals surface area contributed by atoms with Gasteiger partial charge >= 0.3 is 0 Å². The Hall–Kier alpha value is -2.89. The van der Waals surface area contributed by atoms with Gasteiger partial charge in [0.25, 0.3) is 5.91 Å². The summed E-state index contributed by atoms with van der Waals surface area (Å²) in [6, 6.07) is 16.6. The molecule has 3 aromatic rings. The molecule has 0 saturated carbocycles. The number of ether oxygens (including phenoxy) is 1. The molecule has 1 aromatic heterocycles. The smallest absolute Gasteiger partial charge is 0.281 e. The minimum atomic E-state index is -0.174. The number of aromatic nitrogens is 1. The Morgan fingerprint density at radius 1 is 1.07 bits per heavy atom. The summed E-state index contributed by atoms with van der Waals surface area (Å²) in [6.45, 7) is 0.460. The summed E-state index contributed by atoms with van der Waals surface area (Å²) in [5.74, 6) is 0.316. The van der Waals surface area contributed by atoms with E-state index in [4.69, 9.17) is 27.9 Å². The van der Waals surface area contributed by atoms with Crippen LogP contribution in [0.1, 0.15) is 11.1 Å². The number of fused-ring (bicyclic) bond motifs is 1. The summed E-state index contributed by atoms with van der Waals surface area (Å²) >= 11 is 12.0. The molecule has 0 aliphatic carbocycles. The Kier molecular flexibility index (Phi) is 5.51. The van der Waals surface area contributed by atoms with E-state index in [2.05, 4.69) is 9.98 Å². The zero-order chi connectivity index (χ0) is 20.4. The molecule has 0 saturated heterocycles. The lowest BCUT2D eigenvalue weighted by Gasteiger charge is -2.16. The monoisotopic (exact) mass is 425 g/mol. The molecule has 2 heterocycles. The van der Waals surface area contributed by atoms with Crippen LogP contribution < -0.4 is 9.64 Å². The standard InChI is InChI=1S/C22H17Cl2N3O2/c1-29-20-9-7-15(13-26-20)27-19-5-3-2-4-16(19)21(22(27)28)25-11-10-14-6-8-17(23)18(24)12-14/h2-9,12-13H,10-11H2,1H3. The first-order valence-corrected chi connectivity index (χ1v) is 9.76. The molecule has 2 aromatic carbocycles. The predicted molar refractivity (Wildman–Crippen MR) is 116 cm³/mol. The van der Waals surface area contributed by atoms with Crippen molar-refractivity contribution in [1.29, 1.82) is 0 Å². The van der Waals surface area contributed by atoms with Crippen molar-refractivity contribution in [3.8, 4) is 5.88 Å². The van der Waals surface area contributed by atoms with Crippen molar-refractivity contribution < 1.29 is 9.53 Å². The zero-order valence-corrected chi connectivity index (χ0v) is 17.1. The van der Waals surface area contributed by atoms with E-state index >= 15 is 0 Å². The number of amides is 1. The van der Waals surface area contributed by atoms with Gasteiger partial charge in [-0.15, -0.1) is 0 Å². The zero-order valence-electron chi connectivity index (χ0n) is 15.6. The van der Waals surface area contributed by atoms with Crippen LogP contribution in [0.15, 0.2) is 65.8 Å². The Balaban J connectivity index is 1.61. The molecule has 1 amide bonds. The number of carbonyl (C=O) groups is 1. The third-order valence-corrected chi connectivity index (χ3v) is 5.39. The molecule has 0 unspecified atom stereocenters. The number of anilines is 2. The number of methoxy groups -OCH3 is 1. The van der Waals surface area contributed by atoms with Gasteiger partial charge < -0.3 is 4.74 Å². The van der Waals surface area contributed by atoms with E-state index in [9.17, 15) is 4.79 Å².